The van der Waals surface area contributed by atoms with E-state index in [9.17, 15) is 18.4 Å². The number of carbonyl (C=O) groups excluding carboxylic acids is 2. The lowest BCUT2D eigenvalue weighted by Crippen LogP contribution is -2.50. The molecule has 0 saturated carbocycles. The molecule has 3 fully saturated rings. The van der Waals surface area contributed by atoms with E-state index >= 15 is 0 Å². The number of amides is 2. The van der Waals surface area contributed by atoms with Crippen molar-refractivity contribution >= 4 is 11.8 Å². The Morgan fingerprint density at radius 2 is 1.97 bits per heavy atom. The maximum Gasteiger partial charge on any atom is 0.251 e. The van der Waals surface area contributed by atoms with Gasteiger partial charge in [0.1, 0.15) is 5.60 Å². The molecule has 154 valence electrons. The Kier molecular flexibility index (Phi) is 4.24. The first-order chi connectivity index (χ1) is 13.9. The zero-order valence-corrected chi connectivity index (χ0v) is 16.0. The van der Waals surface area contributed by atoms with Crippen LogP contribution in [-0.4, -0.2) is 70.4 Å². The predicted octanol–water partition coefficient (Wildman–Crippen LogP) is 1.66. The molecule has 0 unspecified atom stereocenters. The second-order valence-electron chi connectivity index (χ2n) is 8.45. The van der Waals surface area contributed by atoms with Crippen LogP contribution in [0.5, 0.6) is 0 Å². The van der Waals surface area contributed by atoms with E-state index in [4.69, 9.17) is 4.74 Å². The Morgan fingerprint density at radius 1 is 1.24 bits per heavy atom. The monoisotopic (exact) mass is 403 g/mol. The number of piperidine rings is 1. The molecular formula is C21H23F2N3O3. The second kappa shape index (κ2) is 6.58. The minimum atomic E-state index is -2.71. The lowest BCUT2D eigenvalue weighted by Gasteiger charge is -2.35. The van der Waals surface area contributed by atoms with Gasteiger partial charge in [-0.3, -0.25) is 14.6 Å². The number of carbonyl (C=O) groups is 2. The summed E-state index contributed by atoms with van der Waals surface area (Å²) < 4.78 is 33.1. The average molecular weight is 403 g/mol. The van der Waals surface area contributed by atoms with Crippen LogP contribution in [0.1, 0.15) is 18.4 Å². The molecule has 5 rings (SSSR count). The van der Waals surface area contributed by atoms with Gasteiger partial charge >= 0.3 is 0 Å². The van der Waals surface area contributed by atoms with Crippen LogP contribution >= 0.6 is 0 Å². The summed E-state index contributed by atoms with van der Waals surface area (Å²) in [6.45, 7) is 1.02. The number of hydrogen-bond donors (Lipinski definition) is 0. The molecular weight excluding hydrogens is 380 g/mol. The molecule has 8 heteroatoms. The summed E-state index contributed by atoms with van der Waals surface area (Å²) in [6, 6.07) is 3.83. The zero-order chi connectivity index (χ0) is 20.2. The van der Waals surface area contributed by atoms with Gasteiger partial charge in [0.15, 0.2) is 0 Å². The third-order valence-corrected chi connectivity index (χ3v) is 6.69. The molecule has 29 heavy (non-hydrogen) atoms. The Balaban J connectivity index is 1.31. The van der Waals surface area contributed by atoms with Crippen LogP contribution in [0.4, 0.5) is 8.78 Å². The minimum Gasteiger partial charge on any atom is -0.360 e. The Bertz CT molecular complexity index is 852. The molecule has 2 bridgehead atoms. The number of pyridine rings is 1. The van der Waals surface area contributed by atoms with Crippen LogP contribution in [0.25, 0.3) is 0 Å². The number of fused-ring (bicyclic) bond motifs is 1. The predicted molar refractivity (Wildman–Crippen MR) is 99.0 cm³/mol. The quantitative estimate of drug-likeness (QED) is 0.718. The van der Waals surface area contributed by atoms with Gasteiger partial charge in [0.2, 0.25) is 11.8 Å². The second-order valence-corrected chi connectivity index (χ2v) is 8.45. The molecule has 3 saturated heterocycles. The summed E-state index contributed by atoms with van der Waals surface area (Å²) in [7, 11) is 0. The standard InChI is InChI=1S/C21H23F2N3O3/c22-21(23)6-11-25(12-7-21)18(27)16-15-1-5-20(29-15)13-26(19(28)17(16)20)10-4-14-2-8-24-9-3-14/h1-3,5,8-9,15-17H,4,6-7,10-13H2/t15-,16-,17-,20-/m0/s1. The fraction of sp³-hybridized carbons (Fsp3) is 0.571. The fourth-order valence-electron chi connectivity index (χ4n) is 5.13. The molecule has 6 nitrogen and oxygen atoms in total. The van der Waals surface area contributed by atoms with Crippen LogP contribution < -0.4 is 0 Å². The van der Waals surface area contributed by atoms with Gasteiger partial charge < -0.3 is 14.5 Å². The van der Waals surface area contributed by atoms with Crippen molar-refractivity contribution in [2.45, 2.75) is 36.9 Å². The van der Waals surface area contributed by atoms with Crippen LogP contribution in [-0.2, 0) is 20.7 Å². The first kappa shape index (κ1) is 18.7. The van der Waals surface area contributed by atoms with Crippen LogP contribution in [0.15, 0.2) is 36.7 Å². The van der Waals surface area contributed by atoms with E-state index in [0.717, 1.165) is 5.56 Å². The molecule has 4 aliphatic heterocycles. The highest BCUT2D eigenvalue weighted by atomic mass is 19.3. The molecule has 2 amide bonds. The Hall–Kier alpha value is -2.35. The molecule has 0 radical (unpaired) electrons. The maximum atomic E-state index is 13.5. The van der Waals surface area contributed by atoms with Gasteiger partial charge in [-0.15, -0.1) is 0 Å². The first-order valence-electron chi connectivity index (χ1n) is 10.1. The highest BCUT2D eigenvalue weighted by Gasteiger charge is 2.67. The summed E-state index contributed by atoms with van der Waals surface area (Å²) in [6.07, 6.45) is 6.82. The normalized spacial score (nSPS) is 34.7. The largest absolute Gasteiger partial charge is 0.360 e. The van der Waals surface area contributed by atoms with Gasteiger partial charge in [0, 0.05) is 44.9 Å². The van der Waals surface area contributed by atoms with Crippen molar-refractivity contribution in [3.05, 3.63) is 42.2 Å². The molecule has 4 aliphatic rings. The fourth-order valence-corrected chi connectivity index (χ4v) is 5.13. The van der Waals surface area contributed by atoms with Crippen molar-refractivity contribution in [3.63, 3.8) is 0 Å². The summed E-state index contributed by atoms with van der Waals surface area (Å²) >= 11 is 0. The number of alkyl halides is 2. The van der Waals surface area contributed by atoms with Gasteiger partial charge in [0.05, 0.1) is 24.5 Å². The van der Waals surface area contributed by atoms with E-state index in [1.54, 1.807) is 17.3 Å². The van der Waals surface area contributed by atoms with Crippen LogP contribution in [0, 0.1) is 11.8 Å². The van der Waals surface area contributed by atoms with Crippen molar-refractivity contribution < 1.29 is 23.1 Å². The van der Waals surface area contributed by atoms with Crippen molar-refractivity contribution in [2.24, 2.45) is 11.8 Å². The zero-order valence-electron chi connectivity index (χ0n) is 16.0. The van der Waals surface area contributed by atoms with Crippen LogP contribution in [0.3, 0.4) is 0 Å². The first-order valence-corrected chi connectivity index (χ1v) is 10.1. The van der Waals surface area contributed by atoms with Gasteiger partial charge in [0.25, 0.3) is 5.92 Å². The molecule has 1 spiro atoms. The van der Waals surface area contributed by atoms with E-state index in [1.165, 1.54) is 4.90 Å². The van der Waals surface area contributed by atoms with Crippen molar-refractivity contribution in [3.8, 4) is 0 Å². The average Bonchev–Trinajstić information content (AvgIpc) is 3.35. The van der Waals surface area contributed by atoms with E-state index in [2.05, 4.69) is 4.98 Å². The third kappa shape index (κ3) is 3.04. The molecule has 0 N–H and O–H groups in total. The van der Waals surface area contributed by atoms with Crippen molar-refractivity contribution in [1.82, 2.24) is 14.8 Å². The highest BCUT2D eigenvalue weighted by Crippen LogP contribution is 2.52. The van der Waals surface area contributed by atoms with Gasteiger partial charge in [-0.1, -0.05) is 12.2 Å². The highest BCUT2D eigenvalue weighted by molar-refractivity contribution is 5.93. The summed E-state index contributed by atoms with van der Waals surface area (Å²) in [4.78, 5) is 33.6. The number of rotatable bonds is 4. The van der Waals surface area contributed by atoms with Crippen LogP contribution in [0.2, 0.25) is 0 Å². The van der Waals surface area contributed by atoms with Gasteiger partial charge in [-0.25, -0.2) is 8.78 Å². The summed E-state index contributed by atoms with van der Waals surface area (Å²) in [5, 5.41) is 0. The third-order valence-electron chi connectivity index (χ3n) is 6.69. The van der Waals surface area contributed by atoms with Gasteiger partial charge in [-0.2, -0.15) is 0 Å². The SMILES string of the molecule is O=C([C@H]1[C@@H]2C=C[C@@]3(CN(CCc4ccncc4)C(=O)[C@H]13)O2)N1CCC(F)(F)CC1. The maximum absolute atomic E-state index is 13.5. The molecule has 0 aromatic carbocycles. The molecule has 1 aromatic rings. The minimum absolute atomic E-state index is 0.0262. The smallest absolute Gasteiger partial charge is 0.251 e. The lowest BCUT2D eigenvalue weighted by molar-refractivity contribution is -0.147. The Labute approximate surface area is 167 Å². The van der Waals surface area contributed by atoms with E-state index in [1.807, 2.05) is 24.3 Å². The number of hydrogen-bond acceptors (Lipinski definition) is 4. The van der Waals surface area contributed by atoms with Gasteiger partial charge in [-0.05, 0) is 24.1 Å². The molecule has 5 heterocycles. The van der Waals surface area contributed by atoms with E-state index in [0.29, 0.717) is 19.5 Å². The lowest BCUT2D eigenvalue weighted by atomic mass is 9.76. The molecule has 0 aliphatic carbocycles. The molecule has 4 atom stereocenters. The number of likely N-dealkylation sites (tertiary alicyclic amines) is 2. The number of nitrogens with zero attached hydrogens (tertiary/aromatic N) is 3. The Morgan fingerprint density at radius 3 is 2.69 bits per heavy atom. The van der Waals surface area contributed by atoms with Crippen molar-refractivity contribution in [1.29, 1.82) is 0 Å². The summed E-state index contributed by atoms with van der Waals surface area (Å²) in [5.41, 5.74) is 0.324. The van der Waals surface area contributed by atoms with E-state index < -0.39 is 29.5 Å². The number of ether oxygens (including phenoxy) is 1. The number of halogens is 2. The van der Waals surface area contributed by atoms with E-state index in [-0.39, 0.29) is 37.7 Å². The van der Waals surface area contributed by atoms with Crippen molar-refractivity contribution in [2.75, 3.05) is 26.2 Å². The number of aromatic nitrogens is 1. The molecule has 1 aromatic heterocycles. The topological polar surface area (TPSA) is 62.7 Å². The summed E-state index contributed by atoms with van der Waals surface area (Å²) in [5.74, 6) is -4.21.